The number of para-hydroxylation sites is 1. The van der Waals surface area contributed by atoms with E-state index < -0.39 is 0 Å². The molecular formula is C19H32N4O. The van der Waals surface area contributed by atoms with Crippen LogP contribution in [0.3, 0.4) is 0 Å². The number of nitrogens with zero attached hydrogens (tertiary/aromatic N) is 2. The third-order valence-corrected chi connectivity index (χ3v) is 4.60. The molecule has 1 saturated heterocycles. The van der Waals surface area contributed by atoms with E-state index >= 15 is 0 Å². The van der Waals surface area contributed by atoms with Crippen molar-refractivity contribution >= 4 is 11.6 Å². The number of benzene rings is 1. The Labute approximate surface area is 146 Å². The zero-order valence-corrected chi connectivity index (χ0v) is 15.1. The van der Waals surface area contributed by atoms with Crippen LogP contribution >= 0.6 is 0 Å². The van der Waals surface area contributed by atoms with Crippen LogP contribution in [0.2, 0.25) is 0 Å². The van der Waals surface area contributed by atoms with Gasteiger partial charge in [-0.25, -0.2) is 0 Å². The van der Waals surface area contributed by atoms with Crippen molar-refractivity contribution in [1.82, 2.24) is 4.90 Å². The summed E-state index contributed by atoms with van der Waals surface area (Å²) >= 11 is 0. The molecule has 0 bridgehead atoms. The van der Waals surface area contributed by atoms with Crippen molar-refractivity contribution in [2.75, 3.05) is 32.1 Å². The molecule has 0 saturated carbocycles. The highest BCUT2D eigenvalue weighted by molar-refractivity contribution is 5.92. The highest BCUT2D eigenvalue weighted by atomic mass is 16.5. The lowest BCUT2D eigenvalue weighted by Gasteiger charge is -2.34. The van der Waals surface area contributed by atoms with Crippen LogP contribution in [0, 0.1) is 0 Å². The van der Waals surface area contributed by atoms with E-state index in [-0.39, 0.29) is 0 Å². The maximum atomic E-state index is 6.11. The number of anilines is 1. The molecular weight excluding hydrogens is 300 g/mol. The molecule has 1 aliphatic heterocycles. The van der Waals surface area contributed by atoms with Gasteiger partial charge in [-0.3, -0.25) is 9.89 Å². The van der Waals surface area contributed by atoms with E-state index in [0.717, 1.165) is 17.8 Å². The number of unbranched alkanes of at least 4 members (excludes halogenated alkanes) is 1. The number of nitrogens with two attached hydrogens (primary N) is 1. The molecule has 24 heavy (non-hydrogen) atoms. The molecule has 3 N–H and O–H groups in total. The van der Waals surface area contributed by atoms with Gasteiger partial charge in [0, 0.05) is 24.4 Å². The molecule has 0 aromatic heterocycles. The average Bonchev–Trinajstić information content (AvgIpc) is 2.61. The predicted molar refractivity (Wildman–Crippen MR) is 101 cm³/mol. The van der Waals surface area contributed by atoms with E-state index in [1.807, 2.05) is 24.3 Å². The van der Waals surface area contributed by atoms with Crippen LogP contribution in [-0.4, -0.2) is 43.6 Å². The van der Waals surface area contributed by atoms with Crippen molar-refractivity contribution in [1.29, 1.82) is 0 Å². The van der Waals surface area contributed by atoms with Gasteiger partial charge in [0.2, 0.25) is 0 Å². The summed E-state index contributed by atoms with van der Waals surface area (Å²) in [4.78, 5) is 7.19. The van der Waals surface area contributed by atoms with Gasteiger partial charge in [0.25, 0.3) is 0 Å². The third-order valence-electron chi connectivity index (χ3n) is 4.60. The molecule has 1 aliphatic rings. The highest BCUT2D eigenvalue weighted by Gasteiger charge is 2.21. The molecule has 1 heterocycles. The third kappa shape index (κ3) is 5.80. The van der Waals surface area contributed by atoms with Crippen LogP contribution in [-0.2, 0) is 11.3 Å². The van der Waals surface area contributed by atoms with Crippen LogP contribution in [0.1, 0.15) is 44.6 Å². The molecule has 1 aromatic rings. The molecule has 0 radical (unpaired) electrons. The molecule has 134 valence electrons. The second-order valence-electron chi connectivity index (χ2n) is 6.48. The largest absolute Gasteiger partial charge is 0.380 e. The van der Waals surface area contributed by atoms with E-state index in [2.05, 4.69) is 22.1 Å². The lowest BCUT2D eigenvalue weighted by molar-refractivity contribution is 0.151. The zero-order chi connectivity index (χ0) is 17.2. The van der Waals surface area contributed by atoms with Crippen molar-refractivity contribution in [3.8, 4) is 0 Å². The first-order valence-corrected chi connectivity index (χ1v) is 9.12. The maximum Gasteiger partial charge on any atom is 0.193 e. The number of rotatable bonds is 8. The average molecular weight is 332 g/mol. The van der Waals surface area contributed by atoms with E-state index in [0.29, 0.717) is 18.6 Å². The quantitative estimate of drug-likeness (QED) is 0.567. The van der Waals surface area contributed by atoms with E-state index in [4.69, 9.17) is 10.5 Å². The van der Waals surface area contributed by atoms with Crippen molar-refractivity contribution in [3.05, 3.63) is 29.8 Å². The fourth-order valence-corrected chi connectivity index (χ4v) is 3.23. The monoisotopic (exact) mass is 332 g/mol. The van der Waals surface area contributed by atoms with E-state index in [1.165, 1.54) is 45.2 Å². The maximum absolute atomic E-state index is 6.11. The van der Waals surface area contributed by atoms with Crippen molar-refractivity contribution in [3.63, 3.8) is 0 Å². The Kier molecular flexibility index (Phi) is 8.05. The van der Waals surface area contributed by atoms with E-state index in [9.17, 15) is 0 Å². The van der Waals surface area contributed by atoms with Gasteiger partial charge in [-0.05, 0) is 38.4 Å². The van der Waals surface area contributed by atoms with Gasteiger partial charge in [0.1, 0.15) is 0 Å². The smallest absolute Gasteiger partial charge is 0.193 e. The van der Waals surface area contributed by atoms with Gasteiger partial charge >= 0.3 is 0 Å². The Balaban J connectivity index is 1.92. The van der Waals surface area contributed by atoms with Gasteiger partial charge < -0.3 is 15.8 Å². The summed E-state index contributed by atoms with van der Waals surface area (Å²) < 4.78 is 5.23. The Morgan fingerprint density at radius 2 is 2.21 bits per heavy atom. The van der Waals surface area contributed by atoms with Gasteiger partial charge in [0.05, 0.1) is 13.2 Å². The summed E-state index contributed by atoms with van der Waals surface area (Å²) in [6.07, 6.45) is 6.33. The fraction of sp³-hybridized carbons (Fsp3) is 0.632. The summed E-state index contributed by atoms with van der Waals surface area (Å²) in [6.45, 7) is 5.96. The predicted octanol–water partition coefficient (Wildman–Crippen LogP) is 3.21. The summed E-state index contributed by atoms with van der Waals surface area (Å²) in [5.74, 6) is 0.486. The zero-order valence-electron chi connectivity index (χ0n) is 15.1. The van der Waals surface area contributed by atoms with Crippen LogP contribution in [0.25, 0.3) is 0 Å². The summed E-state index contributed by atoms with van der Waals surface area (Å²) in [7, 11) is 1.70. The first-order valence-electron chi connectivity index (χ1n) is 9.12. The first-order chi connectivity index (χ1) is 11.7. The summed E-state index contributed by atoms with van der Waals surface area (Å²) in [6, 6.07) is 8.56. The highest BCUT2D eigenvalue weighted by Crippen LogP contribution is 2.18. The Morgan fingerprint density at radius 1 is 1.38 bits per heavy atom. The van der Waals surface area contributed by atoms with Crippen molar-refractivity contribution < 1.29 is 4.74 Å². The molecule has 5 heteroatoms. The fourth-order valence-electron chi connectivity index (χ4n) is 3.23. The molecule has 0 spiro atoms. The minimum Gasteiger partial charge on any atom is -0.380 e. The molecule has 1 atom stereocenters. The van der Waals surface area contributed by atoms with Crippen molar-refractivity contribution in [2.45, 2.75) is 51.7 Å². The molecule has 2 rings (SSSR count). The van der Waals surface area contributed by atoms with E-state index in [1.54, 1.807) is 7.11 Å². The van der Waals surface area contributed by atoms with Crippen LogP contribution in [0.15, 0.2) is 29.3 Å². The molecule has 0 aliphatic carbocycles. The first kappa shape index (κ1) is 18.7. The number of likely N-dealkylation sites (tertiary alicyclic amines) is 1. The summed E-state index contributed by atoms with van der Waals surface area (Å²) in [5, 5.41) is 3.22. The topological polar surface area (TPSA) is 62.9 Å². The summed E-state index contributed by atoms with van der Waals surface area (Å²) in [5.41, 5.74) is 8.16. The minimum absolute atomic E-state index is 0.486. The lowest BCUT2D eigenvalue weighted by Crippen LogP contribution is -2.42. The Hall–Kier alpha value is -1.59. The lowest BCUT2D eigenvalue weighted by atomic mass is 10.0. The SMILES string of the molecule is CCCCN1CCCCC1CN=C(N)Nc1ccccc1COC. The number of guanidine groups is 1. The van der Waals surface area contributed by atoms with Gasteiger partial charge in [-0.15, -0.1) is 0 Å². The second kappa shape index (κ2) is 10.3. The number of nitrogens with one attached hydrogen (secondary N) is 1. The van der Waals surface area contributed by atoms with Crippen LogP contribution < -0.4 is 11.1 Å². The number of ether oxygens (including phenoxy) is 1. The van der Waals surface area contributed by atoms with Gasteiger partial charge in [0.15, 0.2) is 5.96 Å². The standard InChI is InChI=1S/C19H32N4O/c1-3-4-12-23-13-8-7-10-17(23)14-21-19(20)22-18-11-6-5-9-16(18)15-24-2/h5-6,9,11,17H,3-4,7-8,10,12-15H2,1-2H3,(H3,20,21,22). The second-order valence-corrected chi connectivity index (χ2v) is 6.48. The van der Waals surface area contributed by atoms with Crippen LogP contribution in [0.5, 0.6) is 0 Å². The molecule has 5 nitrogen and oxygen atoms in total. The normalized spacial score (nSPS) is 19.4. The number of piperidine rings is 1. The number of hydrogen-bond acceptors (Lipinski definition) is 3. The van der Waals surface area contributed by atoms with Crippen molar-refractivity contribution in [2.24, 2.45) is 10.7 Å². The Bertz CT molecular complexity index is 518. The number of hydrogen-bond donors (Lipinski definition) is 2. The molecule has 1 unspecified atom stereocenters. The molecule has 0 amide bonds. The minimum atomic E-state index is 0.486. The Morgan fingerprint density at radius 3 is 3.00 bits per heavy atom. The molecule has 1 fully saturated rings. The number of methoxy groups -OCH3 is 1. The number of aliphatic imine (C=N–C) groups is 1. The van der Waals surface area contributed by atoms with Gasteiger partial charge in [-0.1, -0.05) is 38.0 Å². The van der Waals surface area contributed by atoms with Gasteiger partial charge in [-0.2, -0.15) is 0 Å². The van der Waals surface area contributed by atoms with Crippen LogP contribution in [0.4, 0.5) is 5.69 Å². The molecule has 1 aromatic carbocycles.